The highest BCUT2D eigenvalue weighted by Crippen LogP contribution is 2.32. The van der Waals surface area contributed by atoms with Crippen LogP contribution in [0.3, 0.4) is 0 Å². The Kier molecular flexibility index (Phi) is 10.3. The molecule has 238 valence electrons. The van der Waals surface area contributed by atoms with Gasteiger partial charge in [0.25, 0.3) is 16.8 Å². The van der Waals surface area contributed by atoms with Gasteiger partial charge in [0.05, 0.1) is 71.2 Å². The highest BCUT2D eigenvalue weighted by molar-refractivity contribution is 5.99. The Morgan fingerprint density at radius 2 is 1.13 bits per heavy atom. The predicted octanol–water partition coefficient (Wildman–Crippen LogP) is 1.15. The molecule has 0 saturated carbocycles. The van der Waals surface area contributed by atoms with E-state index in [9.17, 15) is 29.1 Å². The molecule has 6 N–H and O–H groups in total. The molecule has 17 nitrogen and oxygen atoms in total. The average Bonchev–Trinajstić information content (AvgIpc) is 3.10. The first kappa shape index (κ1) is 33.0. The van der Waals surface area contributed by atoms with E-state index in [0.29, 0.717) is 28.3 Å². The summed E-state index contributed by atoms with van der Waals surface area (Å²) >= 11 is 0. The van der Waals surface area contributed by atoms with E-state index in [0.717, 1.165) is 0 Å². The van der Waals surface area contributed by atoms with Crippen molar-refractivity contribution in [1.82, 2.24) is 34.8 Å². The number of aromatic hydroxyl groups is 1. The highest BCUT2D eigenvalue weighted by Gasteiger charge is 2.24. The molecular weight excluding hydrogens is 610 g/mol. The van der Waals surface area contributed by atoms with Crippen LogP contribution >= 0.6 is 0 Å². The van der Waals surface area contributed by atoms with Gasteiger partial charge in [-0.15, -0.1) is 0 Å². The van der Waals surface area contributed by atoms with Gasteiger partial charge in [0, 0.05) is 19.7 Å². The molecule has 1 amide bonds. The third-order valence-electron chi connectivity index (χ3n) is 6.23. The maximum absolute atomic E-state index is 12.1. The summed E-state index contributed by atoms with van der Waals surface area (Å²) in [4.78, 5) is 81.6. The molecule has 17 heteroatoms. The van der Waals surface area contributed by atoms with Gasteiger partial charge in [-0.2, -0.15) is 0 Å². The lowest BCUT2D eigenvalue weighted by Crippen LogP contribution is -2.36. The van der Waals surface area contributed by atoms with Crippen LogP contribution in [-0.4, -0.2) is 59.9 Å². The molecule has 0 aliphatic heterocycles. The lowest BCUT2D eigenvalue weighted by atomic mass is 10.1. The fraction of sp³-hybridized carbons (Fsp3) is 0.100. The van der Waals surface area contributed by atoms with Gasteiger partial charge >= 0.3 is 0 Å². The number of benzene rings is 1. The number of rotatable bonds is 7. The Labute approximate surface area is 265 Å². The number of phenolic OH excluding ortho intramolecular Hbond substituents is 1. The van der Waals surface area contributed by atoms with Gasteiger partial charge in [-0.1, -0.05) is 6.07 Å². The number of hydrogen-bond donors (Lipinski definition) is 5. The monoisotopic (exact) mass is 637 g/mol. The number of nitrogens with zero attached hydrogens (tertiary/aromatic N) is 7. The second-order valence-electron chi connectivity index (χ2n) is 9.77. The third kappa shape index (κ3) is 7.79. The number of hydrogen-bond acceptors (Lipinski definition) is 16. The molecule has 0 aliphatic carbocycles. The van der Waals surface area contributed by atoms with Gasteiger partial charge in [-0.3, -0.25) is 24.0 Å². The van der Waals surface area contributed by atoms with Crippen molar-refractivity contribution in [3.63, 3.8) is 0 Å². The Morgan fingerprint density at radius 3 is 1.57 bits per heavy atom. The average molecular weight is 638 g/mol. The number of carbonyl (C=O) groups is 1. The minimum Gasteiger partial charge on any atom is -0.505 e. The number of anilines is 7. The molecular formula is C30H27N11O6. The smallest absolute Gasteiger partial charge is 0.257 e. The number of amides is 1. The van der Waals surface area contributed by atoms with E-state index in [1.54, 1.807) is 39.5 Å². The van der Waals surface area contributed by atoms with Crippen molar-refractivity contribution in [3.05, 3.63) is 126 Å². The Hall–Kier alpha value is -6.91. The standard InChI is InChI=1S/C17H15N5O4.C9H7N3O2.C4H5N3/c1-22(2)17(26)10-4-3-5-11(14(10)23)21-13-12(15(24)16(13)25)20-9-6-18-8-19-7-9;1-5-7(9(14)8(5)13)12-6-2-10-4-11-3-6;5-4-1-6-3-7-2-4/h3-8,20-21,23H,1-2H3;2-4,12H,1H3;1-3H,5H2. The van der Waals surface area contributed by atoms with Crippen LogP contribution in [0, 0.1) is 6.92 Å². The highest BCUT2D eigenvalue weighted by atomic mass is 16.3. The van der Waals surface area contributed by atoms with E-state index in [4.69, 9.17) is 5.73 Å². The number of nitrogens with one attached hydrogen (secondary N) is 3. The molecule has 3 heterocycles. The van der Waals surface area contributed by atoms with E-state index in [1.165, 1.54) is 60.8 Å². The Bertz CT molecular complexity index is 2130. The van der Waals surface area contributed by atoms with E-state index >= 15 is 0 Å². The molecule has 0 fully saturated rings. The van der Waals surface area contributed by atoms with Crippen molar-refractivity contribution in [1.29, 1.82) is 0 Å². The maximum Gasteiger partial charge on any atom is 0.257 e. The van der Waals surface area contributed by atoms with Gasteiger partial charge in [0.15, 0.2) is 5.75 Å². The number of nitrogens with two attached hydrogens (primary N) is 1. The molecule has 0 spiro atoms. The second kappa shape index (κ2) is 14.7. The molecule has 3 aromatic heterocycles. The van der Waals surface area contributed by atoms with Crippen LogP contribution in [0.25, 0.3) is 0 Å². The van der Waals surface area contributed by atoms with Crippen LogP contribution in [0.1, 0.15) is 15.9 Å². The molecule has 3 aromatic carbocycles. The molecule has 47 heavy (non-hydrogen) atoms. The van der Waals surface area contributed by atoms with Gasteiger partial charge < -0.3 is 31.7 Å². The van der Waals surface area contributed by atoms with Crippen molar-refractivity contribution in [2.24, 2.45) is 0 Å². The topological polar surface area (TPSA) is 248 Å². The summed E-state index contributed by atoms with van der Waals surface area (Å²) in [6.45, 7) is 1.61. The summed E-state index contributed by atoms with van der Waals surface area (Å²) in [5.74, 6) is -0.704. The van der Waals surface area contributed by atoms with Crippen molar-refractivity contribution >= 4 is 45.7 Å². The minimum atomic E-state index is -0.729. The van der Waals surface area contributed by atoms with E-state index in [2.05, 4.69) is 45.9 Å². The fourth-order valence-electron chi connectivity index (χ4n) is 3.80. The molecule has 6 aromatic rings. The zero-order valence-electron chi connectivity index (χ0n) is 25.1. The van der Waals surface area contributed by atoms with Crippen LogP contribution in [0.5, 0.6) is 5.75 Å². The quantitative estimate of drug-likeness (QED) is 0.122. The molecule has 0 radical (unpaired) electrons. The molecule has 6 rings (SSSR count). The zero-order chi connectivity index (χ0) is 34.1. The predicted molar refractivity (Wildman–Crippen MR) is 174 cm³/mol. The molecule has 0 atom stereocenters. The summed E-state index contributed by atoms with van der Waals surface area (Å²) in [7, 11) is 3.12. The second-order valence-corrected chi connectivity index (χ2v) is 9.77. The van der Waals surface area contributed by atoms with E-state index in [1.807, 2.05) is 0 Å². The van der Waals surface area contributed by atoms with Crippen LogP contribution in [0.4, 0.5) is 39.8 Å². The van der Waals surface area contributed by atoms with Crippen molar-refractivity contribution < 1.29 is 9.90 Å². The largest absolute Gasteiger partial charge is 0.505 e. The first-order valence-corrected chi connectivity index (χ1v) is 13.5. The van der Waals surface area contributed by atoms with Gasteiger partial charge in [-0.05, 0) is 19.1 Å². The van der Waals surface area contributed by atoms with Gasteiger partial charge in [0.2, 0.25) is 10.9 Å². The summed E-state index contributed by atoms with van der Waals surface area (Å²) < 4.78 is 0. The van der Waals surface area contributed by atoms with Crippen molar-refractivity contribution in [2.75, 3.05) is 35.8 Å². The summed E-state index contributed by atoms with van der Waals surface area (Å²) in [5, 5.41) is 18.6. The van der Waals surface area contributed by atoms with Crippen LogP contribution < -0.4 is 43.4 Å². The van der Waals surface area contributed by atoms with Crippen molar-refractivity contribution in [3.8, 4) is 5.75 Å². The Morgan fingerprint density at radius 1 is 0.681 bits per heavy atom. The number of phenols is 1. The van der Waals surface area contributed by atoms with Crippen molar-refractivity contribution in [2.45, 2.75) is 6.92 Å². The first-order chi connectivity index (χ1) is 22.5. The first-order valence-electron chi connectivity index (χ1n) is 13.5. The number of para-hydroxylation sites is 1. The zero-order valence-corrected chi connectivity index (χ0v) is 25.1. The lowest BCUT2D eigenvalue weighted by Gasteiger charge is -2.17. The minimum absolute atomic E-state index is 0.0106. The normalized spacial score (nSPS) is 10.2. The number of aromatic nitrogens is 6. The fourth-order valence-corrected chi connectivity index (χ4v) is 3.80. The SMILES string of the molecule is CN(C)C(=O)c1cccc(Nc2c(Nc3cncnc3)c(=O)c2=O)c1O.Cc1c(Nc2cncnc2)c(=O)c1=O.Nc1cncnc1. The Balaban J connectivity index is 0.000000196. The molecule has 0 unspecified atom stereocenters. The van der Waals surface area contributed by atoms with E-state index in [-0.39, 0.29) is 28.4 Å². The molecule has 0 bridgehead atoms. The lowest BCUT2D eigenvalue weighted by molar-refractivity contribution is 0.0824. The summed E-state index contributed by atoms with van der Waals surface area (Å²) in [6.07, 6.45) is 13.2. The van der Waals surface area contributed by atoms with Crippen LogP contribution in [0.2, 0.25) is 0 Å². The molecule has 0 aliphatic rings. The van der Waals surface area contributed by atoms with Crippen LogP contribution in [-0.2, 0) is 0 Å². The van der Waals surface area contributed by atoms with Gasteiger partial charge in [-0.25, -0.2) is 29.9 Å². The number of nitrogen functional groups attached to an aromatic ring is 1. The van der Waals surface area contributed by atoms with Gasteiger partial charge in [0.1, 0.15) is 30.4 Å². The third-order valence-corrected chi connectivity index (χ3v) is 6.23. The van der Waals surface area contributed by atoms with E-state index < -0.39 is 27.6 Å². The van der Waals surface area contributed by atoms with Crippen LogP contribution in [0.15, 0.2) is 93.5 Å². The summed E-state index contributed by atoms with van der Waals surface area (Å²) in [5.41, 5.74) is 5.56. The maximum atomic E-state index is 12.1. The summed E-state index contributed by atoms with van der Waals surface area (Å²) in [6, 6.07) is 4.52. The molecule has 0 saturated heterocycles. The number of carbonyl (C=O) groups excluding carboxylic acids is 1.